The van der Waals surface area contributed by atoms with E-state index in [1.807, 2.05) is 0 Å². The fourth-order valence-corrected chi connectivity index (χ4v) is 3.69. The summed E-state index contributed by atoms with van der Waals surface area (Å²) in [5, 5.41) is 18.0. The molecule has 0 aliphatic rings. The second kappa shape index (κ2) is 7.23. The monoisotopic (exact) mass is 386 g/mol. The number of ether oxygens (including phenoxy) is 1. The van der Waals surface area contributed by atoms with Crippen LogP contribution in [-0.4, -0.2) is 37.9 Å². The van der Waals surface area contributed by atoms with Crippen LogP contribution in [0.1, 0.15) is 0 Å². The predicted molar refractivity (Wildman–Crippen MR) is 84.6 cm³/mol. The van der Waals surface area contributed by atoms with Crippen molar-refractivity contribution in [2.45, 2.75) is 15.9 Å². The topological polar surface area (TPSA) is 83.8 Å². The summed E-state index contributed by atoms with van der Waals surface area (Å²) in [5.41, 5.74) is 0. The molecule has 1 atom stereocenters. The highest BCUT2D eigenvalue weighted by molar-refractivity contribution is 9.10. The maximum atomic E-state index is 12.5. The number of halogens is 1. The predicted octanol–water partition coefficient (Wildman–Crippen LogP) is 2.01. The van der Waals surface area contributed by atoms with Crippen molar-refractivity contribution in [2.75, 3.05) is 13.2 Å². The molecule has 22 heavy (non-hydrogen) atoms. The van der Waals surface area contributed by atoms with Crippen molar-refractivity contribution in [3.63, 3.8) is 0 Å². The molecule has 0 aliphatic heterocycles. The Morgan fingerprint density at radius 2 is 1.77 bits per heavy atom. The van der Waals surface area contributed by atoms with Crippen LogP contribution in [0.3, 0.4) is 0 Å². The van der Waals surface area contributed by atoms with E-state index >= 15 is 0 Å². The standard InChI is InChI=1S/C15H15BrO5S/c16-14-8-13(6-7-15(14)21-10-11(18)9-17)22(19,20)12-4-2-1-3-5-12/h1-8,11,17-18H,9-10H2/t11-/m1/s1. The van der Waals surface area contributed by atoms with Crippen molar-refractivity contribution >= 4 is 25.8 Å². The van der Waals surface area contributed by atoms with Gasteiger partial charge in [0.2, 0.25) is 9.84 Å². The van der Waals surface area contributed by atoms with Gasteiger partial charge in [-0.2, -0.15) is 0 Å². The van der Waals surface area contributed by atoms with Crippen LogP contribution in [0, 0.1) is 0 Å². The Hall–Kier alpha value is -1.41. The Morgan fingerprint density at radius 3 is 2.36 bits per heavy atom. The van der Waals surface area contributed by atoms with Crippen LogP contribution >= 0.6 is 15.9 Å². The first-order valence-corrected chi connectivity index (χ1v) is 8.74. The molecule has 2 aromatic carbocycles. The van der Waals surface area contributed by atoms with Gasteiger partial charge >= 0.3 is 0 Å². The minimum absolute atomic E-state index is 0.0835. The number of aliphatic hydroxyl groups excluding tert-OH is 2. The lowest BCUT2D eigenvalue weighted by Crippen LogP contribution is -2.21. The van der Waals surface area contributed by atoms with E-state index < -0.39 is 22.5 Å². The number of hydrogen-bond donors (Lipinski definition) is 2. The molecule has 2 rings (SSSR count). The van der Waals surface area contributed by atoms with E-state index in [0.29, 0.717) is 10.2 Å². The zero-order valence-corrected chi connectivity index (χ0v) is 13.9. The summed E-state index contributed by atoms with van der Waals surface area (Å²) in [6.07, 6.45) is -0.986. The van der Waals surface area contributed by atoms with Crippen molar-refractivity contribution in [1.82, 2.24) is 0 Å². The zero-order chi connectivity index (χ0) is 16.2. The number of rotatable bonds is 6. The van der Waals surface area contributed by atoms with Crippen LogP contribution in [0.4, 0.5) is 0 Å². The molecular formula is C15H15BrO5S. The van der Waals surface area contributed by atoms with Crippen molar-refractivity contribution in [3.8, 4) is 5.75 Å². The third-order valence-corrected chi connectivity index (χ3v) is 5.30. The quantitative estimate of drug-likeness (QED) is 0.793. The summed E-state index contributed by atoms with van der Waals surface area (Å²) >= 11 is 3.25. The highest BCUT2D eigenvalue weighted by Gasteiger charge is 2.18. The summed E-state index contributed by atoms with van der Waals surface area (Å²) in [6, 6.07) is 12.5. The Kier molecular flexibility index (Phi) is 5.57. The minimum atomic E-state index is -3.59. The summed E-state index contributed by atoms with van der Waals surface area (Å²) in [6.45, 7) is -0.488. The van der Waals surface area contributed by atoms with Crippen LogP contribution in [0.15, 0.2) is 62.8 Å². The van der Waals surface area contributed by atoms with E-state index in [2.05, 4.69) is 15.9 Å². The molecule has 0 aromatic heterocycles. The van der Waals surface area contributed by atoms with E-state index in [4.69, 9.17) is 9.84 Å². The van der Waals surface area contributed by atoms with E-state index in [-0.39, 0.29) is 16.4 Å². The smallest absolute Gasteiger partial charge is 0.206 e. The molecule has 2 aromatic rings. The Balaban J connectivity index is 2.26. The minimum Gasteiger partial charge on any atom is -0.490 e. The van der Waals surface area contributed by atoms with Crippen molar-refractivity contribution in [3.05, 3.63) is 53.0 Å². The first-order valence-electron chi connectivity index (χ1n) is 6.46. The zero-order valence-electron chi connectivity index (χ0n) is 11.5. The number of sulfone groups is 1. The summed E-state index contributed by atoms with van der Waals surface area (Å²) in [4.78, 5) is 0.354. The summed E-state index contributed by atoms with van der Waals surface area (Å²) in [7, 11) is -3.59. The second-order valence-corrected chi connectivity index (χ2v) is 7.36. The van der Waals surface area contributed by atoms with Crippen LogP contribution in [0.25, 0.3) is 0 Å². The molecule has 5 nitrogen and oxygen atoms in total. The van der Waals surface area contributed by atoms with Crippen molar-refractivity contribution in [1.29, 1.82) is 0 Å². The first-order chi connectivity index (χ1) is 10.4. The molecule has 0 aliphatic carbocycles. The van der Waals surface area contributed by atoms with Gasteiger partial charge in [0.1, 0.15) is 18.5 Å². The van der Waals surface area contributed by atoms with E-state index in [1.54, 1.807) is 18.2 Å². The molecule has 0 bridgehead atoms. The fourth-order valence-electron chi connectivity index (χ4n) is 1.74. The third kappa shape index (κ3) is 3.86. The van der Waals surface area contributed by atoms with Gasteiger partial charge in [0.25, 0.3) is 0 Å². The molecule has 0 heterocycles. The lowest BCUT2D eigenvalue weighted by Gasteiger charge is -2.12. The van der Waals surface area contributed by atoms with Crippen LogP contribution in [0.2, 0.25) is 0 Å². The van der Waals surface area contributed by atoms with Gasteiger partial charge in [0.15, 0.2) is 0 Å². The molecule has 2 N–H and O–H groups in total. The van der Waals surface area contributed by atoms with Crippen LogP contribution in [-0.2, 0) is 9.84 Å². The highest BCUT2D eigenvalue weighted by Crippen LogP contribution is 2.30. The molecule has 0 saturated heterocycles. The van der Waals surface area contributed by atoms with Crippen molar-refractivity contribution < 1.29 is 23.4 Å². The number of hydrogen-bond acceptors (Lipinski definition) is 5. The largest absolute Gasteiger partial charge is 0.490 e. The molecular weight excluding hydrogens is 372 g/mol. The average molecular weight is 387 g/mol. The second-order valence-electron chi connectivity index (χ2n) is 4.56. The van der Waals surface area contributed by atoms with Gasteiger partial charge < -0.3 is 14.9 Å². The Bertz CT molecular complexity index is 731. The van der Waals surface area contributed by atoms with Gasteiger partial charge in [-0.15, -0.1) is 0 Å². The maximum absolute atomic E-state index is 12.5. The molecule has 0 spiro atoms. The van der Waals surface area contributed by atoms with Gasteiger partial charge in [0, 0.05) is 0 Å². The number of aliphatic hydroxyl groups is 2. The molecule has 0 amide bonds. The van der Waals surface area contributed by atoms with Gasteiger partial charge in [-0.3, -0.25) is 0 Å². The summed E-state index contributed by atoms with van der Waals surface area (Å²) in [5.74, 6) is 0.388. The van der Waals surface area contributed by atoms with Gasteiger partial charge in [-0.1, -0.05) is 18.2 Å². The molecule has 118 valence electrons. The van der Waals surface area contributed by atoms with Gasteiger partial charge in [0.05, 0.1) is 20.9 Å². The van der Waals surface area contributed by atoms with E-state index in [9.17, 15) is 13.5 Å². The SMILES string of the molecule is O=S(=O)(c1ccccc1)c1ccc(OC[C@H](O)CO)c(Br)c1. The maximum Gasteiger partial charge on any atom is 0.206 e. The first kappa shape index (κ1) is 17.0. The lowest BCUT2D eigenvalue weighted by atomic mass is 10.3. The molecule has 0 radical (unpaired) electrons. The normalized spacial score (nSPS) is 12.9. The molecule has 0 unspecified atom stereocenters. The van der Waals surface area contributed by atoms with Gasteiger partial charge in [-0.25, -0.2) is 8.42 Å². The van der Waals surface area contributed by atoms with Crippen LogP contribution < -0.4 is 4.74 Å². The van der Waals surface area contributed by atoms with E-state index in [1.165, 1.54) is 30.3 Å². The third-order valence-electron chi connectivity index (χ3n) is 2.91. The molecule has 7 heteroatoms. The summed E-state index contributed by atoms with van der Waals surface area (Å²) < 4.78 is 30.7. The lowest BCUT2D eigenvalue weighted by molar-refractivity contribution is 0.0533. The molecule has 0 fully saturated rings. The van der Waals surface area contributed by atoms with Crippen LogP contribution in [0.5, 0.6) is 5.75 Å². The Labute approximate surface area is 137 Å². The fraction of sp³-hybridized carbons (Fsp3) is 0.200. The van der Waals surface area contributed by atoms with Gasteiger partial charge in [-0.05, 0) is 46.3 Å². The van der Waals surface area contributed by atoms with E-state index in [0.717, 1.165) is 0 Å². The molecule has 0 saturated carbocycles. The average Bonchev–Trinajstić information content (AvgIpc) is 2.54. The van der Waals surface area contributed by atoms with Crippen molar-refractivity contribution in [2.24, 2.45) is 0 Å². The Morgan fingerprint density at radius 1 is 1.09 bits per heavy atom. The number of benzene rings is 2. The highest BCUT2D eigenvalue weighted by atomic mass is 79.9.